The van der Waals surface area contributed by atoms with Crippen LogP contribution in [0.3, 0.4) is 0 Å². The van der Waals surface area contributed by atoms with Gasteiger partial charge >= 0.3 is 0 Å². The molecule has 2 amide bonds. The summed E-state index contributed by atoms with van der Waals surface area (Å²) < 4.78 is 5.31. The van der Waals surface area contributed by atoms with Gasteiger partial charge in [0, 0.05) is 0 Å². The minimum atomic E-state index is -0.590. The fourth-order valence-corrected chi connectivity index (χ4v) is 1.99. The number of rotatable bonds is 2. The third-order valence-electron chi connectivity index (χ3n) is 2.56. The molecule has 0 spiro atoms. The highest BCUT2D eigenvalue weighted by molar-refractivity contribution is 5.88. The number of ether oxygens (including phenoxy) is 1. The van der Waals surface area contributed by atoms with E-state index < -0.39 is 23.7 Å². The van der Waals surface area contributed by atoms with Crippen LogP contribution >= 0.6 is 0 Å². The normalized spacial score (nSPS) is 40.9. The van der Waals surface area contributed by atoms with Gasteiger partial charge in [-0.25, -0.2) is 0 Å². The van der Waals surface area contributed by atoms with Crippen LogP contribution < -0.4 is 11.5 Å². The van der Waals surface area contributed by atoms with Gasteiger partial charge in [-0.2, -0.15) is 0 Å². The molecule has 2 aliphatic rings. The lowest BCUT2D eigenvalue weighted by molar-refractivity contribution is -0.130. The summed E-state index contributed by atoms with van der Waals surface area (Å²) in [4.78, 5) is 22.0. The van der Waals surface area contributed by atoms with E-state index in [1.165, 1.54) is 0 Å². The van der Waals surface area contributed by atoms with Crippen molar-refractivity contribution in [2.24, 2.45) is 23.3 Å². The van der Waals surface area contributed by atoms with Gasteiger partial charge in [0.2, 0.25) is 11.8 Å². The predicted molar refractivity (Wildman–Crippen MR) is 43.2 cm³/mol. The van der Waals surface area contributed by atoms with Gasteiger partial charge < -0.3 is 16.2 Å². The van der Waals surface area contributed by atoms with Gasteiger partial charge in [-0.1, -0.05) is 12.2 Å². The molecule has 0 aromatic heterocycles. The number of fused-ring (bicyclic) bond motifs is 2. The fourth-order valence-electron chi connectivity index (χ4n) is 1.99. The van der Waals surface area contributed by atoms with Crippen molar-refractivity contribution in [2.75, 3.05) is 0 Å². The van der Waals surface area contributed by atoms with Crippen LogP contribution in [0.15, 0.2) is 12.2 Å². The molecule has 0 unspecified atom stereocenters. The first kappa shape index (κ1) is 8.25. The smallest absolute Gasteiger partial charge is 0.224 e. The molecule has 0 saturated carbocycles. The van der Waals surface area contributed by atoms with E-state index in [2.05, 4.69) is 0 Å². The number of carbonyl (C=O) groups is 2. The second-order valence-corrected chi connectivity index (χ2v) is 3.31. The molecule has 4 N–H and O–H groups in total. The Morgan fingerprint density at radius 3 is 1.69 bits per heavy atom. The Kier molecular flexibility index (Phi) is 1.63. The number of primary amides is 2. The molecule has 0 aromatic rings. The SMILES string of the molecule is NC(=O)[C@H]1[C@H](C(N)=O)[C@H]2C=C[C@H]1O2. The lowest BCUT2D eigenvalue weighted by Gasteiger charge is -2.18. The highest BCUT2D eigenvalue weighted by atomic mass is 16.5. The minimum Gasteiger partial charge on any atom is -0.369 e. The average Bonchev–Trinajstić information content (AvgIpc) is 2.60. The summed E-state index contributed by atoms with van der Waals surface area (Å²) in [5.41, 5.74) is 10.3. The fraction of sp³-hybridized carbons (Fsp3) is 0.500. The Morgan fingerprint density at radius 2 is 1.38 bits per heavy atom. The molecule has 5 nitrogen and oxygen atoms in total. The Bertz CT molecular complexity index is 272. The summed E-state index contributed by atoms with van der Waals surface area (Å²) in [6, 6.07) is 0. The van der Waals surface area contributed by atoms with Crippen molar-refractivity contribution in [3.8, 4) is 0 Å². The number of nitrogens with two attached hydrogens (primary N) is 2. The van der Waals surface area contributed by atoms with Crippen molar-refractivity contribution in [1.29, 1.82) is 0 Å². The summed E-state index contributed by atoms with van der Waals surface area (Å²) in [7, 11) is 0. The molecular weight excluding hydrogens is 172 g/mol. The zero-order valence-corrected chi connectivity index (χ0v) is 6.84. The third-order valence-corrected chi connectivity index (χ3v) is 2.56. The van der Waals surface area contributed by atoms with Gasteiger partial charge in [0.25, 0.3) is 0 Å². The Balaban J connectivity index is 2.30. The van der Waals surface area contributed by atoms with E-state index in [9.17, 15) is 9.59 Å². The monoisotopic (exact) mass is 182 g/mol. The zero-order chi connectivity index (χ0) is 9.59. The van der Waals surface area contributed by atoms with E-state index >= 15 is 0 Å². The number of hydrogen-bond acceptors (Lipinski definition) is 3. The quantitative estimate of drug-likeness (QED) is 0.510. The number of carbonyl (C=O) groups excluding carboxylic acids is 2. The van der Waals surface area contributed by atoms with Gasteiger partial charge in [0.1, 0.15) is 0 Å². The molecule has 0 radical (unpaired) electrons. The van der Waals surface area contributed by atoms with E-state index in [1.54, 1.807) is 12.2 Å². The highest BCUT2D eigenvalue weighted by Gasteiger charge is 2.51. The van der Waals surface area contributed by atoms with Crippen LogP contribution in [0.2, 0.25) is 0 Å². The van der Waals surface area contributed by atoms with Gasteiger partial charge in [0.15, 0.2) is 0 Å². The molecule has 2 aliphatic heterocycles. The minimum absolute atomic E-state index is 0.361. The molecule has 1 fully saturated rings. The third kappa shape index (κ3) is 1.04. The topological polar surface area (TPSA) is 95.4 Å². The van der Waals surface area contributed by atoms with Gasteiger partial charge in [-0.05, 0) is 0 Å². The van der Waals surface area contributed by atoms with Crippen LogP contribution in [-0.2, 0) is 14.3 Å². The van der Waals surface area contributed by atoms with Gasteiger partial charge in [0.05, 0.1) is 24.0 Å². The van der Waals surface area contributed by atoms with E-state index in [-0.39, 0.29) is 12.2 Å². The lowest BCUT2D eigenvalue weighted by Crippen LogP contribution is -2.42. The largest absolute Gasteiger partial charge is 0.369 e. The summed E-state index contributed by atoms with van der Waals surface area (Å²) >= 11 is 0. The van der Waals surface area contributed by atoms with Crippen molar-refractivity contribution in [3.05, 3.63) is 12.2 Å². The molecular formula is C8H10N2O3. The van der Waals surface area contributed by atoms with Crippen molar-refractivity contribution >= 4 is 11.8 Å². The summed E-state index contributed by atoms with van der Waals surface area (Å²) in [6.45, 7) is 0. The maximum Gasteiger partial charge on any atom is 0.224 e. The number of amides is 2. The average molecular weight is 182 g/mol. The van der Waals surface area contributed by atoms with Crippen molar-refractivity contribution in [3.63, 3.8) is 0 Å². The van der Waals surface area contributed by atoms with Crippen molar-refractivity contribution in [1.82, 2.24) is 0 Å². The van der Waals surface area contributed by atoms with E-state index in [0.29, 0.717) is 0 Å². The standard InChI is InChI=1S/C8H10N2O3/c9-7(11)5-3-1-2-4(13-3)6(5)8(10)12/h1-6H,(H2,9,11)(H2,10,12)/t3-,4-,5-,6-/m1/s1. The van der Waals surface area contributed by atoms with Crippen LogP contribution in [-0.4, -0.2) is 24.0 Å². The second-order valence-electron chi connectivity index (χ2n) is 3.31. The molecule has 2 heterocycles. The predicted octanol–water partition coefficient (Wildman–Crippen LogP) is -1.47. The lowest BCUT2D eigenvalue weighted by atomic mass is 9.82. The second kappa shape index (κ2) is 2.56. The number of hydrogen-bond donors (Lipinski definition) is 2. The Morgan fingerprint density at radius 1 is 1.00 bits per heavy atom. The zero-order valence-electron chi connectivity index (χ0n) is 6.84. The molecule has 0 aromatic carbocycles. The molecule has 5 heteroatoms. The van der Waals surface area contributed by atoms with E-state index in [4.69, 9.17) is 16.2 Å². The molecule has 70 valence electrons. The molecule has 4 atom stereocenters. The molecule has 1 saturated heterocycles. The summed E-state index contributed by atoms with van der Waals surface area (Å²) in [6.07, 6.45) is 2.78. The first-order valence-electron chi connectivity index (χ1n) is 4.03. The molecule has 0 aliphatic carbocycles. The first-order valence-corrected chi connectivity index (χ1v) is 4.03. The molecule has 2 bridgehead atoms. The summed E-state index contributed by atoms with van der Waals surface area (Å²) in [5, 5.41) is 0. The van der Waals surface area contributed by atoms with Crippen LogP contribution in [0.25, 0.3) is 0 Å². The van der Waals surface area contributed by atoms with Crippen LogP contribution in [0, 0.1) is 11.8 Å². The molecule has 13 heavy (non-hydrogen) atoms. The first-order chi connectivity index (χ1) is 6.11. The van der Waals surface area contributed by atoms with Crippen molar-refractivity contribution in [2.45, 2.75) is 12.2 Å². The van der Waals surface area contributed by atoms with Gasteiger partial charge in [-0.15, -0.1) is 0 Å². The summed E-state index contributed by atoms with van der Waals surface area (Å²) in [5.74, 6) is -2.23. The van der Waals surface area contributed by atoms with E-state index in [0.717, 1.165) is 0 Å². The Labute approximate surface area is 74.7 Å². The highest BCUT2D eigenvalue weighted by Crippen LogP contribution is 2.38. The van der Waals surface area contributed by atoms with Crippen LogP contribution in [0.1, 0.15) is 0 Å². The van der Waals surface area contributed by atoms with Gasteiger partial charge in [-0.3, -0.25) is 9.59 Å². The van der Waals surface area contributed by atoms with Crippen LogP contribution in [0.5, 0.6) is 0 Å². The van der Waals surface area contributed by atoms with Crippen molar-refractivity contribution < 1.29 is 14.3 Å². The maximum atomic E-state index is 11.0. The maximum absolute atomic E-state index is 11.0. The van der Waals surface area contributed by atoms with Crippen LogP contribution in [0.4, 0.5) is 0 Å². The van der Waals surface area contributed by atoms with E-state index in [1.807, 2.05) is 0 Å². The Hall–Kier alpha value is -1.36. The molecule has 2 rings (SSSR count).